The molecule has 0 aromatic heterocycles. The third-order valence-corrected chi connectivity index (χ3v) is 4.51. The Morgan fingerprint density at radius 1 is 1.26 bits per heavy atom. The van der Waals surface area contributed by atoms with Crippen molar-refractivity contribution in [2.45, 2.75) is 51.9 Å². The van der Waals surface area contributed by atoms with Crippen LogP contribution in [0.25, 0.3) is 0 Å². The number of carbonyl (C=O) groups is 1. The zero-order valence-electron chi connectivity index (χ0n) is 13.8. The highest BCUT2D eigenvalue weighted by molar-refractivity contribution is 5.75. The van der Waals surface area contributed by atoms with Gasteiger partial charge in [0.05, 0.1) is 12.0 Å². The summed E-state index contributed by atoms with van der Waals surface area (Å²) in [6, 6.07) is 9.90. The summed E-state index contributed by atoms with van der Waals surface area (Å²) in [4.78, 5) is 12.3. The summed E-state index contributed by atoms with van der Waals surface area (Å²) < 4.78 is 5.52. The number of nitriles is 1. The number of benzene rings is 1. The van der Waals surface area contributed by atoms with Gasteiger partial charge in [-0.1, -0.05) is 31.6 Å². The average Bonchev–Trinajstić information content (AvgIpc) is 2.59. The minimum Gasteiger partial charge on any atom is -0.426 e. The van der Waals surface area contributed by atoms with Crippen molar-refractivity contribution in [1.29, 1.82) is 5.26 Å². The van der Waals surface area contributed by atoms with Crippen molar-refractivity contribution in [3.63, 3.8) is 0 Å². The van der Waals surface area contributed by atoms with E-state index >= 15 is 0 Å². The van der Waals surface area contributed by atoms with Crippen molar-refractivity contribution >= 4 is 5.97 Å². The molecule has 3 nitrogen and oxygen atoms in total. The molecule has 0 unspecified atom stereocenters. The standard InChI is InChI=1S/C20H25NO2/c1-2-3-5-16-9-13-19(14-10-16)23-20(22)18-11-7-17(8-12-18)6-4-15-21/h4,6,9-10,13-14,17-18H,2-3,5,7-8,11-12H2,1H3. The Balaban J connectivity index is 1.81. The van der Waals surface area contributed by atoms with E-state index in [1.54, 1.807) is 6.08 Å². The maximum Gasteiger partial charge on any atom is 0.314 e. The van der Waals surface area contributed by atoms with Crippen molar-refractivity contribution in [3.8, 4) is 11.8 Å². The summed E-state index contributed by atoms with van der Waals surface area (Å²) in [5.74, 6) is 0.939. The first-order valence-corrected chi connectivity index (χ1v) is 8.60. The topological polar surface area (TPSA) is 50.1 Å². The molecule has 0 saturated heterocycles. The van der Waals surface area contributed by atoms with E-state index in [9.17, 15) is 4.79 Å². The van der Waals surface area contributed by atoms with Gasteiger partial charge in [0, 0.05) is 6.08 Å². The quantitative estimate of drug-likeness (QED) is 0.430. The second-order valence-electron chi connectivity index (χ2n) is 6.27. The lowest BCUT2D eigenvalue weighted by atomic mass is 9.82. The molecule has 1 aromatic carbocycles. The number of allylic oxidation sites excluding steroid dienone is 2. The van der Waals surface area contributed by atoms with Gasteiger partial charge in [-0.05, 0) is 62.1 Å². The van der Waals surface area contributed by atoms with Crippen LogP contribution in [-0.4, -0.2) is 5.97 Å². The summed E-state index contributed by atoms with van der Waals surface area (Å²) in [6.07, 6.45) is 10.5. The number of hydrogen-bond donors (Lipinski definition) is 0. The maximum atomic E-state index is 12.3. The number of unbranched alkanes of at least 4 members (excludes halogenated alkanes) is 1. The predicted octanol–water partition coefficient (Wildman–Crippen LogP) is 4.82. The van der Waals surface area contributed by atoms with Gasteiger partial charge in [0.25, 0.3) is 0 Å². The van der Waals surface area contributed by atoms with Crippen molar-refractivity contribution < 1.29 is 9.53 Å². The smallest absolute Gasteiger partial charge is 0.314 e. The zero-order valence-corrected chi connectivity index (χ0v) is 13.8. The second kappa shape index (κ2) is 9.15. The third kappa shape index (κ3) is 5.56. The molecule has 23 heavy (non-hydrogen) atoms. The number of esters is 1. The second-order valence-corrected chi connectivity index (χ2v) is 6.27. The molecule has 0 bridgehead atoms. The number of hydrogen-bond acceptors (Lipinski definition) is 3. The normalized spacial score (nSPS) is 21.0. The number of rotatable bonds is 6. The van der Waals surface area contributed by atoms with Gasteiger partial charge in [-0.2, -0.15) is 5.26 Å². The molecule has 1 aromatic rings. The average molecular weight is 311 g/mol. The maximum absolute atomic E-state index is 12.3. The van der Waals surface area contributed by atoms with E-state index < -0.39 is 0 Å². The summed E-state index contributed by atoms with van der Waals surface area (Å²) in [5.41, 5.74) is 1.29. The molecule has 0 heterocycles. The Hall–Kier alpha value is -2.08. The van der Waals surface area contributed by atoms with E-state index in [1.807, 2.05) is 36.4 Å². The monoisotopic (exact) mass is 311 g/mol. The number of carbonyl (C=O) groups excluding carboxylic acids is 1. The van der Waals surface area contributed by atoms with Crippen molar-refractivity contribution in [3.05, 3.63) is 42.0 Å². The van der Waals surface area contributed by atoms with E-state index in [-0.39, 0.29) is 11.9 Å². The highest BCUT2D eigenvalue weighted by atomic mass is 16.5. The molecule has 3 heteroatoms. The van der Waals surface area contributed by atoms with Gasteiger partial charge >= 0.3 is 5.97 Å². The van der Waals surface area contributed by atoms with Gasteiger partial charge in [0.2, 0.25) is 0 Å². The van der Waals surface area contributed by atoms with E-state index in [0.717, 1.165) is 32.1 Å². The minimum absolute atomic E-state index is 0.0125. The fraction of sp³-hybridized carbons (Fsp3) is 0.500. The number of ether oxygens (including phenoxy) is 1. The first kappa shape index (κ1) is 17.3. The van der Waals surface area contributed by atoms with Crippen molar-refractivity contribution in [2.24, 2.45) is 11.8 Å². The van der Waals surface area contributed by atoms with Crippen LogP contribution in [0.2, 0.25) is 0 Å². The van der Waals surface area contributed by atoms with Gasteiger partial charge < -0.3 is 4.74 Å². The molecule has 0 radical (unpaired) electrons. The fourth-order valence-electron chi connectivity index (χ4n) is 3.03. The van der Waals surface area contributed by atoms with Crippen LogP contribution in [0.5, 0.6) is 5.75 Å². The minimum atomic E-state index is -0.117. The number of aryl methyl sites for hydroxylation is 1. The SMILES string of the molecule is CCCCc1ccc(OC(=O)C2CCC(C=CC#N)CC2)cc1. The van der Waals surface area contributed by atoms with E-state index in [2.05, 4.69) is 6.92 Å². The van der Waals surface area contributed by atoms with Gasteiger partial charge in [0.1, 0.15) is 5.75 Å². The molecule has 0 atom stereocenters. The summed E-state index contributed by atoms with van der Waals surface area (Å²) in [5, 5.41) is 8.56. The van der Waals surface area contributed by atoms with Crippen LogP contribution >= 0.6 is 0 Å². The lowest BCUT2D eigenvalue weighted by Crippen LogP contribution is -2.25. The van der Waals surface area contributed by atoms with Gasteiger partial charge in [0.15, 0.2) is 0 Å². The fourth-order valence-corrected chi connectivity index (χ4v) is 3.03. The van der Waals surface area contributed by atoms with E-state index in [0.29, 0.717) is 11.7 Å². The first-order chi connectivity index (χ1) is 11.2. The van der Waals surface area contributed by atoms with Crippen LogP contribution in [-0.2, 0) is 11.2 Å². The molecule has 1 aliphatic carbocycles. The molecule has 0 N–H and O–H groups in total. The van der Waals surface area contributed by atoms with Crippen LogP contribution in [0.3, 0.4) is 0 Å². The van der Waals surface area contributed by atoms with Crippen molar-refractivity contribution in [1.82, 2.24) is 0 Å². The Labute approximate surface area is 139 Å². The number of nitrogens with zero attached hydrogens (tertiary/aromatic N) is 1. The molecule has 122 valence electrons. The van der Waals surface area contributed by atoms with Crippen LogP contribution in [0.15, 0.2) is 36.4 Å². The van der Waals surface area contributed by atoms with Crippen LogP contribution in [0, 0.1) is 23.2 Å². The lowest BCUT2D eigenvalue weighted by molar-refractivity contribution is -0.140. The molecule has 1 saturated carbocycles. The Kier molecular flexibility index (Phi) is 6.87. The molecule has 0 aliphatic heterocycles. The first-order valence-electron chi connectivity index (χ1n) is 8.60. The van der Waals surface area contributed by atoms with Gasteiger partial charge in [-0.3, -0.25) is 4.79 Å². The molecular formula is C20H25NO2. The zero-order chi connectivity index (χ0) is 16.5. The summed E-state index contributed by atoms with van der Waals surface area (Å²) in [7, 11) is 0. The summed E-state index contributed by atoms with van der Waals surface area (Å²) >= 11 is 0. The van der Waals surface area contributed by atoms with Crippen molar-refractivity contribution in [2.75, 3.05) is 0 Å². The molecule has 1 fully saturated rings. The van der Waals surface area contributed by atoms with Gasteiger partial charge in [-0.15, -0.1) is 0 Å². The van der Waals surface area contributed by atoms with E-state index in [1.165, 1.54) is 18.4 Å². The molecule has 2 rings (SSSR count). The third-order valence-electron chi connectivity index (χ3n) is 4.51. The largest absolute Gasteiger partial charge is 0.426 e. The summed E-state index contributed by atoms with van der Waals surface area (Å²) in [6.45, 7) is 2.18. The lowest BCUT2D eigenvalue weighted by Gasteiger charge is -2.25. The Morgan fingerprint density at radius 2 is 1.96 bits per heavy atom. The van der Waals surface area contributed by atoms with Crippen LogP contribution in [0.1, 0.15) is 51.0 Å². The predicted molar refractivity (Wildman–Crippen MR) is 90.9 cm³/mol. The molecule has 0 spiro atoms. The van der Waals surface area contributed by atoms with Gasteiger partial charge in [-0.25, -0.2) is 0 Å². The Morgan fingerprint density at radius 3 is 2.57 bits per heavy atom. The Bertz CT molecular complexity index is 560. The highest BCUT2D eigenvalue weighted by Crippen LogP contribution is 2.30. The van der Waals surface area contributed by atoms with Crippen LogP contribution in [0.4, 0.5) is 0 Å². The van der Waals surface area contributed by atoms with Crippen LogP contribution < -0.4 is 4.74 Å². The molecule has 1 aliphatic rings. The highest BCUT2D eigenvalue weighted by Gasteiger charge is 2.26. The molecular weight excluding hydrogens is 286 g/mol. The molecule has 0 amide bonds. The van der Waals surface area contributed by atoms with E-state index in [4.69, 9.17) is 10.00 Å².